The normalized spacial score (nSPS) is 11.6. The molecule has 5 heteroatoms. The highest BCUT2D eigenvalue weighted by Crippen LogP contribution is 2.14. The standard InChI is InChI=1S/C24H19N3O2/c1-18(19-12-14-22(15-13-19)29-17-16-25)26-27-23(20-8-4-2-5-9-20)24(28)21-10-6-3-7-11-21/h2-15H,17H2,1H3/b26-18-,27-23-. The molecule has 0 N–H and O–H groups in total. The van der Waals surface area contributed by atoms with Gasteiger partial charge >= 0.3 is 0 Å². The number of nitriles is 1. The van der Waals surface area contributed by atoms with Crippen LogP contribution < -0.4 is 4.74 Å². The third kappa shape index (κ3) is 5.24. The van der Waals surface area contributed by atoms with Gasteiger partial charge in [-0.05, 0) is 36.8 Å². The molecule has 5 nitrogen and oxygen atoms in total. The minimum Gasteiger partial charge on any atom is -0.479 e. The van der Waals surface area contributed by atoms with Gasteiger partial charge in [-0.1, -0.05) is 60.7 Å². The fourth-order valence-corrected chi connectivity index (χ4v) is 2.65. The molecule has 29 heavy (non-hydrogen) atoms. The van der Waals surface area contributed by atoms with Crippen molar-refractivity contribution in [2.45, 2.75) is 6.92 Å². The highest BCUT2D eigenvalue weighted by Gasteiger charge is 2.16. The molecular formula is C24H19N3O2. The van der Waals surface area contributed by atoms with E-state index in [1.807, 2.05) is 73.7 Å². The molecule has 0 spiro atoms. The van der Waals surface area contributed by atoms with Crippen LogP contribution in [0, 0.1) is 11.3 Å². The lowest BCUT2D eigenvalue weighted by Crippen LogP contribution is -2.15. The summed E-state index contributed by atoms with van der Waals surface area (Å²) in [4.78, 5) is 13.0. The number of hydrogen-bond donors (Lipinski definition) is 0. The van der Waals surface area contributed by atoms with E-state index in [0.717, 1.165) is 5.56 Å². The molecule has 0 atom stereocenters. The number of Topliss-reactive ketones (excluding diaryl/α,β-unsaturated/α-hetero) is 1. The van der Waals surface area contributed by atoms with Gasteiger partial charge in [-0.25, -0.2) is 0 Å². The number of carbonyl (C=O) groups excluding carboxylic acids is 1. The maximum atomic E-state index is 13.0. The second kappa shape index (κ2) is 9.77. The van der Waals surface area contributed by atoms with E-state index >= 15 is 0 Å². The predicted octanol–water partition coefficient (Wildman–Crippen LogP) is 4.69. The molecule has 0 aliphatic heterocycles. The molecule has 0 bridgehead atoms. The molecular weight excluding hydrogens is 362 g/mol. The SMILES string of the molecule is C/C(=N/N=C(\C(=O)c1ccccc1)c1ccccc1)c1ccc(OCC#N)cc1. The summed E-state index contributed by atoms with van der Waals surface area (Å²) in [5, 5.41) is 17.2. The quantitative estimate of drug-likeness (QED) is 0.339. The molecule has 0 unspecified atom stereocenters. The Kier molecular flexibility index (Phi) is 6.64. The van der Waals surface area contributed by atoms with Crippen LogP contribution in [0.4, 0.5) is 0 Å². The fourth-order valence-electron chi connectivity index (χ4n) is 2.65. The van der Waals surface area contributed by atoms with Crippen molar-refractivity contribution >= 4 is 17.2 Å². The van der Waals surface area contributed by atoms with Gasteiger partial charge in [0.15, 0.2) is 6.61 Å². The zero-order valence-electron chi connectivity index (χ0n) is 15.9. The van der Waals surface area contributed by atoms with Crippen molar-refractivity contribution in [1.82, 2.24) is 0 Å². The average Bonchev–Trinajstić information content (AvgIpc) is 2.79. The van der Waals surface area contributed by atoms with Gasteiger partial charge < -0.3 is 4.74 Å². The van der Waals surface area contributed by atoms with Crippen molar-refractivity contribution in [2.75, 3.05) is 6.61 Å². The summed E-state index contributed by atoms with van der Waals surface area (Å²) in [6, 6.07) is 27.4. The summed E-state index contributed by atoms with van der Waals surface area (Å²) in [7, 11) is 0. The average molecular weight is 381 g/mol. The van der Waals surface area contributed by atoms with E-state index in [1.54, 1.807) is 24.3 Å². The van der Waals surface area contributed by atoms with Gasteiger partial charge in [0.2, 0.25) is 5.78 Å². The zero-order valence-corrected chi connectivity index (χ0v) is 15.9. The van der Waals surface area contributed by atoms with Crippen LogP contribution in [-0.2, 0) is 0 Å². The monoisotopic (exact) mass is 381 g/mol. The molecule has 142 valence electrons. The minimum absolute atomic E-state index is 0.00125. The van der Waals surface area contributed by atoms with E-state index in [4.69, 9.17) is 10.00 Å². The van der Waals surface area contributed by atoms with Gasteiger partial charge in [0.05, 0.1) is 5.71 Å². The van der Waals surface area contributed by atoms with Gasteiger partial charge in [0.25, 0.3) is 0 Å². The topological polar surface area (TPSA) is 74.8 Å². The maximum absolute atomic E-state index is 13.0. The molecule has 0 heterocycles. The molecule has 0 fully saturated rings. The molecule has 0 amide bonds. The highest BCUT2D eigenvalue weighted by molar-refractivity contribution is 6.51. The lowest BCUT2D eigenvalue weighted by molar-refractivity contribution is 0.106. The molecule has 0 aliphatic carbocycles. The Labute approximate surface area is 169 Å². The van der Waals surface area contributed by atoms with Crippen molar-refractivity contribution in [3.8, 4) is 11.8 Å². The lowest BCUT2D eigenvalue weighted by Gasteiger charge is -2.06. The Hall–Kier alpha value is -4.04. The summed E-state index contributed by atoms with van der Waals surface area (Å²) >= 11 is 0. The molecule has 0 aliphatic rings. The van der Waals surface area contributed by atoms with Crippen LogP contribution in [-0.4, -0.2) is 23.8 Å². The van der Waals surface area contributed by atoms with Crippen molar-refractivity contribution in [3.63, 3.8) is 0 Å². The van der Waals surface area contributed by atoms with Crippen LogP contribution in [0.2, 0.25) is 0 Å². The lowest BCUT2D eigenvalue weighted by atomic mass is 10.0. The first-order valence-corrected chi connectivity index (χ1v) is 9.06. The van der Waals surface area contributed by atoms with Crippen molar-refractivity contribution < 1.29 is 9.53 Å². The first kappa shape index (κ1) is 19.7. The van der Waals surface area contributed by atoms with E-state index in [9.17, 15) is 4.79 Å². The molecule has 0 saturated carbocycles. The maximum Gasteiger partial charge on any atom is 0.213 e. The number of hydrogen-bond acceptors (Lipinski definition) is 5. The molecule has 0 aromatic heterocycles. The first-order chi connectivity index (χ1) is 14.2. The Morgan fingerprint density at radius 2 is 1.41 bits per heavy atom. The van der Waals surface area contributed by atoms with E-state index < -0.39 is 0 Å². The first-order valence-electron chi connectivity index (χ1n) is 9.06. The number of benzene rings is 3. The molecule has 3 rings (SSSR count). The number of nitrogens with zero attached hydrogens (tertiary/aromatic N) is 3. The van der Waals surface area contributed by atoms with Crippen molar-refractivity contribution in [3.05, 3.63) is 102 Å². The van der Waals surface area contributed by atoms with Crippen LogP contribution in [0.3, 0.4) is 0 Å². The number of ketones is 1. The fraction of sp³-hybridized carbons (Fsp3) is 0.0833. The third-order valence-corrected chi connectivity index (χ3v) is 4.17. The van der Waals surface area contributed by atoms with Crippen LogP contribution in [0.1, 0.15) is 28.4 Å². The largest absolute Gasteiger partial charge is 0.479 e. The van der Waals surface area contributed by atoms with E-state index in [1.165, 1.54) is 0 Å². The Bertz CT molecular complexity index is 1060. The summed E-state index contributed by atoms with van der Waals surface area (Å²) in [5.41, 5.74) is 3.05. The molecule has 0 radical (unpaired) electrons. The van der Waals surface area contributed by atoms with Gasteiger partial charge in [0.1, 0.15) is 17.5 Å². The molecule has 3 aromatic carbocycles. The third-order valence-electron chi connectivity index (χ3n) is 4.17. The van der Waals surface area contributed by atoms with E-state index in [0.29, 0.717) is 22.6 Å². The van der Waals surface area contributed by atoms with E-state index in [2.05, 4.69) is 10.2 Å². The van der Waals surface area contributed by atoms with Crippen molar-refractivity contribution in [1.29, 1.82) is 5.26 Å². The summed E-state index contributed by atoms with van der Waals surface area (Å²) < 4.78 is 5.25. The predicted molar refractivity (Wildman–Crippen MR) is 114 cm³/mol. The Balaban J connectivity index is 1.91. The van der Waals surface area contributed by atoms with Crippen LogP contribution in [0.25, 0.3) is 0 Å². The van der Waals surface area contributed by atoms with Gasteiger partial charge in [-0.2, -0.15) is 10.4 Å². The Morgan fingerprint density at radius 3 is 2.00 bits per heavy atom. The van der Waals surface area contributed by atoms with Gasteiger partial charge in [-0.3, -0.25) is 4.79 Å². The Morgan fingerprint density at radius 1 is 0.828 bits per heavy atom. The highest BCUT2D eigenvalue weighted by atomic mass is 16.5. The minimum atomic E-state index is -0.186. The molecule has 0 saturated heterocycles. The van der Waals surface area contributed by atoms with Crippen molar-refractivity contribution in [2.24, 2.45) is 10.2 Å². The second-order valence-electron chi connectivity index (χ2n) is 6.17. The van der Waals surface area contributed by atoms with E-state index in [-0.39, 0.29) is 18.1 Å². The summed E-state index contributed by atoms with van der Waals surface area (Å²) in [6.45, 7) is 1.82. The van der Waals surface area contributed by atoms with Crippen LogP contribution in [0.5, 0.6) is 5.75 Å². The van der Waals surface area contributed by atoms with Gasteiger partial charge in [-0.15, -0.1) is 5.10 Å². The smallest absolute Gasteiger partial charge is 0.213 e. The number of rotatable bonds is 7. The number of carbonyl (C=O) groups is 1. The zero-order chi connectivity index (χ0) is 20.5. The summed E-state index contributed by atoms with van der Waals surface area (Å²) in [5.74, 6) is 0.421. The summed E-state index contributed by atoms with van der Waals surface area (Å²) in [6.07, 6.45) is 0. The second-order valence-corrected chi connectivity index (χ2v) is 6.17. The number of ether oxygens (including phenoxy) is 1. The molecule has 3 aromatic rings. The van der Waals surface area contributed by atoms with Gasteiger partial charge in [0, 0.05) is 11.1 Å². The van der Waals surface area contributed by atoms with Crippen LogP contribution in [0.15, 0.2) is 95.1 Å². The van der Waals surface area contributed by atoms with Crippen LogP contribution >= 0.6 is 0 Å².